The Morgan fingerprint density at radius 3 is 2.65 bits per heavy atom. The minimum Gasteiger partial charge on any atom is -0.316 e. The van der Waals surface area contributed by atoms with Crippen LogP contribution in [0.4, 0.5) is 4.39 Å². The normalized spacial score (nSPS) is 29.5. The molecule has 2 nitrogen and oxygen atoms in total. The smallest absolute Gasteiger partial charge is 0.123 e. The zero-order valence-corrected chi connectivity index (χ0v) is 12.4. The van der Waals surface area contributed by atoms with Crippen LogP contribution in [0.25, 0.3) is 0 Å². The lowest BCUT2D eigenvalue weighted by Gasteiger charge is -2.47. The highest BCUT2D eigenvalue weighted by atomic mass is 19.1. The van der Waals surface area contributed by atoms with Gasteiger partial charge in [0.25, 0.3) is 0 Å². The molecule has 1 aromatic rings. The summed E-state index contributed by atoms with van der Waals surface area (Å²) in [7, 11) is 0. The maximum Gasteiger partial charge on any atom is 0.123 e. The second-order valence-electron chi connectivity index (χ2n) is 6.58. The summed E-state index contributed by atoms with van der Waals surface area (Å²) in [5.41, 5.74) is 1.71. The largest absolute Gasteiger partial charge is 0.316 e. The number of hydrogen-bond donors (Lipinski definition) is 1. The third-order valence-electron chi connectivity index (χ3n) is 5.15. The van der Waals surface area contributed by atoms with Crippen molar-refractivity contribution in [3.05, 3.63) is 35.6 Å². The van der Waals surface area contributed by atoms with Crippen LogP contribution in [0.5, 0.6) is 0 Å². The van der Waals surface area contributed by atoms with Gasteiger partial charge in [-0.2, -0.15) is 0 Å². The van der Waals surface area contributed by atoms with E-state index in [9.17, 15) is 4.39 Å². The summed E-state index contributed by atoms with van der Waals surface area (Å²) in [6, 6.07) is 7.40. The Kier molecular flexibility index (Phi) is 4.08. The van der Waals surface area contributed by atoms with Crippen LogP contribution in [0.3, 0.4) is 0 Å². The van der Waals surface area contributed by atoms with Gasteiger partial charge in [-0.05, 0) is 68.8 Å². The molecular formula is C17H25FN2. The van der Waals surface area contributed by atoms with Crippen molar-refractivity contribution < 1.29 is 4.39 Å². The molecule has 1 N–H and O–H groups in total. The fourth-order valence-electron chi connectivity index (χ4n) is 3.91. The molecular weight excluding hydrogens is 251 g/mol. The molecule has 0 saturated carbocycles. The molecule has 1 spiro atoms. The Morgan fingerprint density at radius 1 is 1.20 bits per heavy atom. The minimum atomic E-state index is -0.146. The summed E-state index contributed by atoms with van der Waals surface area (Å²) in [5.74, 6) is -0.146. The van der Waals surface area contributed by atoms with Crippen molar-refractivity contribution in [1.82, 2.24) is 10.2 Å². The Bertz CT molecular complexity index is 431. The van der Waals surface area contributed by atoms with Crippen molar-refractivity contribution in [3.63, 3.8) is 0 Å². The van der Waals surface area contributed by atoms with Crippen LogP contribution in [0.1, 0.15) is 44.2 Å². The molecule has 2 unspecified atom stereocenters. The van der Waals surface area contributed by atoms with Gasteiger partial charge >= 0.3 is 0 Å². The Morgan fingerprint density at radius 2 is 1.95 bits per heavy atom. The van der Waals surface area contributed by atoms with E-state index in [1.165, 1.54) is 57.4 Å². The summed E-state index contributed by atoms with van der Waals surface area (Å²) < 4.78 is 13.1. The molecule has 0 amide bonds. The molecule has 2 saturated heterocycles. The molecule has 0 bridgehead atoms. The lowest BCUT2D eigenvalue weighted by Crippen LogP contribution is -2.51. The second kappa shape index (κ2) is 5.82. The van der Waals surface area contributed by atoms with Gasteiger partial charge in [0.05, 0.1) is 0 Å². The van der Waals surface area contributed by atoms with Gasteiger partial charge in [0.2, 0.25) is 0 Å². The fraction of sp³-hybridized carbons (Fsp3) is 0.647. The monoisotopic (exact) mass is 276 g/mol. The average molecular weight is 276 g/mol. The van der Waals surface area contributed by atoms with Crippen molar-refractivity contribution >= 4 is 0 Å². The van der Waals surface area contributed by atoms with Crippen molar-refractivity contribution in [2.24, 2.45) is 5.41 Å². The van der Waals surface area contributed by atoms with E-state index in [1.807, 2.05) is 12.1 Å². The van der Waals surface area contributed by atoms with E-state index >= 15 is 0 Å². The molecule has 3 rings (SSSR count). The second-order valence-corrected chi connectivity index (χ2v) is 6.58. The van der Waals surface area contributed by atoms with Crippen LogP contribution in [0.15, 0.2) is 24.3 Å². The van der Waals surface area contributed by atoms with Gasteiger partial charge in [0.15, 0.2) is 0 Å². The van der Waals surface area contributed by atoms with Crippen LogP contribution in [0.2, 0.25) is 0 Å². The van der Waals surface area contributed by atoms with E-state index < -0.39 is 0 Å². The molecule has 2 atom stereocenters. The fourth-order valence-corrected chi connectivity index (χ4v) is 3.91. The number of likely N-dealkylation sites (tertiary alicyclic amines) is 1. The third kappa shape index (κ3) is 2.89. The van der Waals surface area contributed by atoms with E-state index in [1.54, 1.807) is 12.1 Å². The van der Waals surface area contributed by atoms with Crippen molar-refractivity contribution in [3.8, 4) is 0 Å². The summed E-state index contributed by atoms with van der Waals surface area (Å²) in [5, 5.41) is 3.58. The molecule has 0 aromatic heterocycles. The molecule has 20 heavy (non-hydrogen) atoms. The zero-order valence-electron chi connectivity index (χ0n) is 12.4. The Balaban J connectivity index is 1.71. The van der Waals surface area contributed by atoms with Gasteiger partial charge in [0.1, 0.15) is 5.82 Å². The van der Waals surface area contributed by atoms with E-state index in [0.717, 1.165) is 0 Å². The zero-order chi connectivity index (χ0) is 14.0. The van der Waals surface area contributed by atoms with Crippen molar-refractivity contribution in [1.29, 1.82) is 0 Å². The van der Waals surface area contributed by atoms with Gasteiger partial charge in [-0.1, -0.05) is 12.1 Å². The van der Waals surface area contributed by atoms with E-state index in [0.29, 0.717) is 11.5 Å². The lowest BCUT2D eigenvalue weighted by molar-refractivity contribution is 0.0415. The highest BCUT2D eigenvalue weighted by Crippen LogP contribution is 2.38. The molecule has 0 radical (unpaired) electrons. The van der Waals surface area contributed by atoms with Crippen LogP contribution in [-0.2, 0) is 0 Å². The van der Waals surface area contributed by atoms with Gasteiger partial charge in [-0.15, -0.1) is 0 Å². The number of halogens is 1. The molecule has 2 fully saturated rings. The number of nitrogens with zero attached hydrogens (tertiary/aromatic N) is 1. The van der Waals surface area contributed by atoms with Gasteiger partial charge < -0.3 is 5.32 Å². The lowest BCUT2D eigenvalue weighted by atomic mass is 9.74. The van der Waals surface area contributed by atoms with E-state index in [-0.39, 0.29) is 5.82 Å². The number of rotatable bonds is 2. The predicted octanol–water partition coefficient (Wildman–Crippen LogP) is 3.35. The van der Waals surface area contributed by atoms with Crippen LogP contribution >= 0.6 is 0 Å². The molecule has 2 heterocycles. The quantitative estimate of drug-likeness (QED) is 0.891. The summed E-state index contributed by atoms with van der Waals surface area (Å²) in [6.45, 7) is 6.94. The highest BCUT2D eigenvalue weighted by molar-refractivity contribution is 5.19. The predicted molar refractivity (Wildman–Crippen MR) is 80.2 cm³/mol. The van der Waals surface area contributed by atoms with E-state index in [2.05, 4.69) is 17.1 Å². The number of benzene rings is 1. The number of nitrogens with one attached hydrogen (secondary N) is 1. The molecule has 2 aliphatic rings. The maximum atomic E-state index is 13.1. The first-order chi connectivity index (χ1) is 9.69. The van der Waals surface area contributed by atoms with Gasteiger partial charge in [0, 0.05) is 19.1 Å². The third-order valence-corrected chi connectivity index (χ3v) is 5.15. The maximum absolute atomic E-state index is 13.1. The standard InChI is InChI=1S/C17H25FN2/c1-14(15-4-6-16(18)7-5-15)20-11-3-9-17(13-20)8-2-10-19-12-17/h4-7,14,19H,2-3,8-13H2,1H3. The first kappa shape index (κ1) is 14.0. The molecule has 110 valence electrons. The summed E-state index contributed by atoms with van der Waals surface area (Å²) in [6.07, 6.45) is 5.30. The van der Waals surface area contributed by atoms with Crippen LogP contribution in [-0.4, -0.2) is 31.1 Å². The Labute approximate surface area is 121 Å². The minimum absolute atomic E-state index is 0.146. The molecule has 2 aliphatic heterocycles. The SMILES string of the molecule is CC(c1ccc(F)cc1)N1CCCC2(CCCNC2)C1. The molecule has 0 aliphatic carbocycles. The van der Waals surface area contributed by atoms with Crippen molar-refractivity contribution in [2.75, 3.05) is 26.2 Å². The van der Waals surface area contributed by atoms with Gasteiger partial charge in [-0.3, -0.25) is 4.90 Å². The highest BCUT2D eigenvalue weighted by Gasteiger charge is 2.37. The first-order valence-electron chi connectivity index (χ1n) is 7.89. The Hall–Kier alpha value is -0.930. The van der Waals surface area contributed by atoms with Crippen LogP contribution in [0, 0.1) is 11.2 Å². The molecule has 3 heteroatoms. The number of hydrogen-bond acceptors (Lipinski definition) is 2. The van der Waals surface area contributed by atoms with E-state index in [4.69, 9.17) is 0 Å². The van der Waals surface area contributed by atoms with Gasteiger partial charge in [-0.25, -0.2) is 4.39 Å². The average Bonchev–Trinajstić information content (AvgIpc) is 2.48. The summed E-state index contributed by atoms with van der Waals surface area (Å²) >= 11 is 0. The molecule has 1 aromatic carbocycles. The van der Waals surface area contributed by atoms with Crippen LogP contribution < -0.4 is 5.32 Å². The van der Waals surface area contributed by atoms with Crippen molar-refractivity contribution in [2.45, 2.75) is 38.6 Å². The topological polar surface area (TPSA) is 15.3 Å². The number of piperidine rings is 2. The first-order valence-corrected chi connectivity index (χ1v) is 7.89. The summed E-state index contributed by atoms with van der Waals surface area (Å²) in [4.78, 5) is 2.59.